The molecule has 1 aliphatic heterocycles. The third kappa shape index (κ3) is 11.3. The van der Waals surface area contributed by atoms with Gasteiger partial charge in [0.1, 0.15) is 18.8 Å². The van der Waals surface area contributed by atoms with Gasteiger partial charge in [0.25, 0.3) is 0 Å². The van der Waals surface area contributed by atoms with Crippen molar-refractivity contribution in [1.29, 1.82) is 0 Å². The molecule has 4 atom stereocenters. The van der Waals surface area contributed by atoms with Crippen molar-refractivity contribution in [2.24, 2.45) is 5.92 Å². The number of benzene rings is 3. The fourth-order valence-corrected chi connectivity index (χ4v) is 5.33. The fraction of sp³-hybridized carbons (Fsp3) is 0.342. The standard InChI is InChI=1S/C38H41NO10/c1-27(41)49-36(35(43)20-19-31(42)18-11-21-46-25-32(23-40)47-24-29-14-7-3-8-15-29)33(22-28-12-5-2-6-13-28)37(44)39-34(26-48-38(39)45)30-16-9-4-10-17-30/h2-10,12-17,19-20,32-34,36,40H,11,18,21-26H2,1H3/t32-,33+,34+,36-/m1/s1. The molecule has 2 amide bonds. The smallest absolute Gasteiger partial charge is 0.417 e. The zero-order valence-electron chi connectivity index (χ0n) is 27.3. The summed E-state index contributed by atoms with van der Waals surface area (Å²) < 4.78 is 21.9. The number of imide groups is 1. The minimum absolute atomic E-state index is 0.0301. The van der Waals surface area contributed by atoms with Crippen LogP contribution in [0.25, 0.3) is 0 Å². The number of nitrogens with zero attached hydrogens (tertiary/aromatic N) is 1. The Kier molecular flexibility index (Phi) is 14.4. The molecule has 1 heterocycles. The molecule has 3 aromatic rings. The largest absolute Gasteiger partial charge is 0.453 e. The molecular formula is C38H41NO10. The maximum absolute atomic E-state index is 14.1. The van der Waals surface area contributed by atoms with E-state index in [1.807, 2.05) is 30.3 Å². The highest BCUT2D eigenvalue weighted by Gasteiger charge is 2.46. The van der Waals surface area contributed by atoms with Gasteiger partial charge in [-0.05, 0) is 41.7 Å². The molecule has 1 aliphatic rings. The predicted octanol–water partition coefficient (Wildman–Crippen LogP) is 4.57. The lowest BCUT2D eigenvalue weighted by Gasteiger charge is -2.29. The molecule has 0 saturated carbocycles. The van der Waals surface area contributed by atoms with E-state index in [2.05, 4.69) is 0 Å². The van der Waals surface area contributed by atoms with Gasteiger partial charge in [0, 0.05) is 20.0 Å². The Morgan fingerprint density at radius 1 is 0.918 bits per heavy atom. The van der Waals surface area contributed by atoms with Crippen LogP contribution in [0.2, 0.25) is 0 Å². The van der Waals surface area contributed by atoms with Crippen LogP contribution in [0.3, 0.4) is 0 Å². The molecule has 49 heavy (non-hydrogen) atoms. The summed E-state index contributed by atoms with van der Waals surface area (Å²) in [7, 11) is 0. The molecule has 0 spiro atoms. The van der Waals surface area contributed by atoms with E-state index in [4.69, 9.17) is 18.9 Å². The van der Waals surface area contributed by atoms with Crippen LogP contribution in [0, 0.1) is 5.92 Å². The zero-order chi connectivity index (χ0) is 35.0. The van der Waals surface area contributed by atoms with Crippen molar-refractivity contribution in [3.05, 3.63) is 120 Å². The van der Waals surface area contributed by atoms with Crippen LogP contribution in [0.4, 0.5) is 4.79 Å². The molecule has 4 rings (SSSR count). The Balaban J connectivity index is 1.39. The number of ketones is 2. The van der Waals surface area contributed by atoms with Crippen molar-refractivity contribution in [1.82, 2.24) is 4.90 Å². The normalized spacial score (nSPS) is 16.2. The Hall–Kier alpha value is -4.97. The number of ether oxygens (including phenoxy) is 4. The second-order valence-electron chi connectivity index (χ2n) is 11.5. The molecule has 3 aromatic carbocycles. The number of rotatable bonds is 19. The van der Waals surface area contributed by atoms with Gasteiger partial charge in [0.15, 0.2) is 17.7 Å². The van der Waals surface area contributed by atoms with E-state index in [9.17, 15) is 29.1 Å². The molecule has 1 N–H and O–H groups in total. The topological polar surface area (TPSA) is 146 Å². The van der Waals surface area contributed by atoms with Crippen molar-refractivity contribution in [3.8, 4) is 0 Å². The number of aliphatic hydroxyl groups is 1. The number of carbonyl (C=O) groups is 5. The van der Waals surface area contributed by atoms with Crippen LogP contribution < -0.4 is 0 Å². The first-order valence-corrected chi connectivity index (χ1v) is 16.1. The van der Waals surface area contributed by atoms with E-state index >= 15 is 0 Å². The molecule has 11 nitrogen and oxygen atoms in total. The lowest BCUT2D eigenvalue weighted by atomic mass is 9.89. The van der Waals surface area contributed by atoms with Crippen molar-refractivity contribution < 1.29 is 48.0 Å². The van der Waals surface area contributed by atoms with Crippen molar-refractivity contribution in [2.75, 3.05) is 26.4 Å². The molecule has 0 unspecified atom stereocenters. The molecule has 0 aliphatic carbocycles. The summed E-state index contributed by atoms with van der Waals surface area (Å²) >= 11 is 0. The van der Waals surface area contributed by atoms with Crippen LogP contribution >= 0.6 is 0 Å². The highest BCUT2D eigenvalue weighted by Crippen LogP contribution is 2.31. The van der Waals surface area contributed by atoms with Gasteiger partial charge in [-0.3, -0.25) is 19.2 Å². The first-order valence-electron chi connectivity index (χ1n) is 16.1. The first kappa shape index (κ1) is 36.9. The number of aliphatic hydroxyl groups excluding tert-OH is 1. The summed E-state index contributed by atoms with van der Waals surface area (Å²) in [6.45, 7) is 1.51. The van der Waals surface area contributed by atoms with Gasteiger partial charge >= 0.3 is 12.1 Å². The maximum atomic E-state index is 14.1. The van der Waals surface area contributed by atoms with Crippen LogP contribution in [-0.2, 0) is 51.2 Å². The van der Waals surface area contributed by atoms with Gasteiger partial charge in [-0.1, -0.05) is 91.0 Å². The summed E-state index contributed by atoms with van der Waals surface area (Å²) in [6.07, 6.45) is -0.560. The number of cyclic esters (lactones) is 1. The predicted molar refractivity (Wildman–Crippen MR) is 178 cm³/mol. The van der Waals surface area contributed by atoms with E-state index in [0.29, 0.717) is 24.2 Å². The highest BCUT2D eigenvalue weighted by molar-refractivity contribution is 6.04. The molecule has 1 saturated heterocycles. The number of hydrogen-bond donors (Lipinski definition) is 1. The van der Waals surface area contributed by atoms with Crippen LogP contribution in [0.15, 0.2) is 103 Å². The zero-order valence-corrected chi connectivity index (χ0v) is 27.3. The van der Waals surface area contributed by atoms with Gasteiger partial charge in [0.05, 0.1) is 25.7 Å². The summed E-state index contributed by atoms with van der Waals surface area (Å²) in [5.74, 6) is -4.01. The Bertz CT molecular complexity index is 1560. The van der Waals surface area contributed by atoms with Gasteiger partial charge in [-0.15, -0.1) is 0 Å². The first-order chi connectivity index (χ1) is 23.8. The van der Waals surface area contributed by atoms with Crippen molar-refractivity contribution in [2.45, 2.75) is 51.0 Å². The van der Waals surface area contributed by atoms with E-state index in [-0.39, 0.29) is 45.1 Å². The summed E-state index contributed by atoms with van der Waals surface area (Å²) in [5, 5.41) is 9.59. The van der Waals surface area contributed by atoms with Crippen LogP contribution in [0.1, 0.15) is 42.5 Å². The van der Waals surface area contributed by atoms with E-state index in [1.165, 1.54) is 0 Å². The van der Waals surface area contributed by atoms with E-state index in [1.54, 1.807) is 60.7 Å². The average Bonchev–Trinajstić information content (AvgIpc) is 3.51. The summed E-state index contributed by atoms with van der Waals surface area (Å²) in [4.78, 5) is 66.4. The van der Waals surface area contributed by atoms with E-state index in [0.717, 1.165) is 29.5 Å². The third-order valence-corrected chi connectivity index (χ3v) is 7.83. The second kappa shape index (κ2) is 19.1. The van der Waals surface area contributed by atoms with Crippen molar-refractivity contribution in [3.63, 3.8) is 0 Å². The Morgan fingerprint density at radius 3 is 2.18 bits per heavy atom. The minimum atomic E-state index is -1.62. The van der Waals surface area contributed by atoms with Gasteiger partial charge in [0.2, 0.25) is 5.91 Å². The second-order valence-corrected chi connectivity index (χ2v) is 11.5. The summed E-state index contributed by atoms with van der Waals surface area (Å²) in [6, 6.07) is 26.5. The highest BCUT2D eigenvalue weighted by atomic mass is 16.6. The Labute approximate surface area is 285 Å². The van der Waals surface area contributed by atoms with Gasteiger partial charge < -0.3 is 24.1 Å². The lowest BCUT2D eigenvalue weighted by molar-refractivity contribution is -0.158. The van der Waals surface area contributed by atoms with Crippen molar-refractivity contribution >= 4 is 29.5 Å². The molecule has 0 aromatic heterocycles. The molecule has 1 fully saturated rings. The number of esters is 1. The van der Waals surface area contributed by atoms with Gasteiger partial charge in [-0.25, -0.2) is 9.69 Å². The monoisotopic (exact) mass is 671 g/mol. The molecule has 0 radical (unpaired) electrons. The summed E-state index contributed by atoms with van der Waals surface area (Å²) in [5.41, 5.74) is 2.30. The third-order valence-electron chi connectivity index (χ3n) is 7.83. The van der Waals surface area contributed by atoms with Crippen LogP contribution in [0.5, 0.6) is 0 Å². The molecular weight excluding hydrogens is 630 g/mol. The lowest BCUT2D eigenvalue weighted by Crippen LogP contribution is -2.47. The SMILES string of the molecule is CC(=O)O[C@@H](C(=O)C=CC(=O)CCCOC[C@@H](CO)OCc1ccccc1)[C@H](Cc1ccccc1)C(=O)N1C(=O)OC[C@H]1c1ccccc1. The number of hydrogen-bond acceptors (Lipinski definition) is 10. The fourth-order valence-electron chi connectivity index (χ4n) is 5.33. The molecule has 11 heteroatoms. The molecule has 258 valence electrons. The minimum Gasteiger partial charge on any atom is -0.453 e. The number of amides is 2. The number of carbonyl (C=O) groups excluding carboxylic acids is 5. The maximum Gasteiger partial charge on any atom is 0.417 e. The Morgan fingerprint density at radius 2 is 1.55 bits per heavy atom. The quantitative estimate of drug-likeness (QED) is 0.109. The average molecular weight is 672 g/mol. The number of allylic oxidation sites excluding steroid dienone is 1. The molecule has 0 bridgehead atoms. The van der Waals surface area contributed by atoms with Crippen LogP contribution in [-0.4, -0.2) is 78.2 Å². The van der Waals surface area contributed by atoms with E-state index < -0.39 is 47.9 Å². The van der Waals surface area contributed by atoms with Gasteiger partial charge in [-0.2, -0.15) is 0 Å².